The minimum atomic E-state index is -0.0156. The van der Waals surface area contributed by atoms with Gasteiger partial charge in [-0.05, 0) is 19.8 Å². The SMILES string of the molecule is [CH2]OC1(C)CCOCC1. The van der Waals surface area contributed by atoms with Gasteiger partial charge in [0.25, 0.3) is 0 Å². The van der Waals surface area contributed by atoms with Crippen molar-refractivity contribution in [3.05, 3.63) is 7.11 Å². The highest BCUT2D eigenvalue weighted by atomic mass is 16.5. The molecule has 1 fully saturated rings. The summed E-state index contributed by atoms with van der Waals surface area (Å²) in [4.78, 5) is 0. The highest BCUT2D eigenvalue weighted by molar-refractivity contribution is 4.77. The molecule has 0 aliphatic carbocycles. The van der Waals surface area contributed by atoms with Crippen LogP contribution in [0.15, 0.2) is 0 Å². The molecule has 2 nitrogen and oxygen atoms in total. The zero-order valence-electron chi connectivity index (χ0n) is 5.85. The smallest absolute Gasteiger partial charge is 0.0708 e. The third kappa shape index (κ3) is 1.66. The Labute approximate surface area is 56.2 Å². The lowest BCUT2D eigenvalue weighted by molar-refractivity contribution is -0.0620. The molecule has 1 radical (unpaired) electrons. The van der Waals surface area contributed by atoms with Gasteiger partial charge in [-0.1, -0.05) is 0 Å². The molecule has 1 aliphatic heterocycles. The van der Waals surface area contributed by atoms with Crippen LogP contribution in [0.25, 0.3) is 0 Å². The summed E-state index contributed by atoms with van der Waals surface area (Å²) in [6.07, 6.45) is 1.94. The maximum atomic E-state index is 5.16. The normalized spacial score (nSPS) is 26.0. The quantitative estimate of drug-likeness (QED) is 0.532. The van der Waals surface area contributed by atoms with Gasteiger partial charge < -0.3 is 9.47 Å². The van der Waals surface area contributed by atoms with Gasteiger partial charge in [-0.2, -0.15) is 0 Å². The summed E-state index contributed by atoms with van der Waals surface area (Å²) in [6.45, 7) is 3.70. The van der Waals surface area contributed by atoms with E-state index in [-0.39, 0.29) is 5.60 Å². The van der Waals surface area contributed by atoms with Gasteiger partial charge >= 0.3 is 0 Å². The molecule has 0 amide bonds. The molecule has 0 bridgehead atoms. The van der Waals surface area contributed by atoms with Crippen LogP contribution in [0.5, 0.6) is 0 Å². The molecular weight excluding hydrogens is 116 g/mol. The van der Waals surface area contributed by atoms with Crippen LogP contribution in [0.2, 0.25) is 0 Å². The molecule has 53 valence electrons. The lowest BCUT2D eigenvalue weighted by Crippen LogP contribution is -2.34. The van der Waals surface area contributed by atoms with E-state index in [2.05, 4.69) is 14.0 Å². The Balaban J connectivity index is 2.37. The van der Waals surface area contributed by atoms with E-state index in [1.807, 2.05) is 0 Å². The van der Waals surface area contributed by atoms with Crippen molar-refractivity contribution in [2.24, 2.45) is 0 Å². The van der Waals surface area contributed by atoms with Crippen LogP contribution >= 0.6 is 0 Å². The van der Waals surface area contributed by atoms with Crippen molar-refractivity contribution in [3.63, 3.8) is 0 Å². The Morgan fingerprint density at radius 3 is 2.33 bits per heavy atom. The molecule has 0 N–H and O–H groups in total. The molecule has 1 heterocycles. The van der Waals surface area contributed by atoms with E-state index < -0.39 is 0 Å². The first-order valence-corrected chi connectivity index (χ1v) is 3.28. The van der Waals surface area contributed by atoms with Gasteiger partial charge in [0.2, 0.25) is 0 Å². The average Bonchev–Trinajstić information content (AvgIpc) is 1.90. The van der Waals surface area contributed by atoms with E-state index in [0.717, 1.165) is 26.1 Å². The molecule has 1 saturated heterocycles. The van der Waals surface area contributed by atoms with Crippen molar-refractivity contribution in [2.75, 3.05) is 13.2 Å². The molecule has 0 unspecified atom stereocenters. The Hall–Kier alpha value is -0.0800. The monoisotopic (exact) mass is 129 g/mol. The molecular formula is C7H13O2. The van der Waals surface area contributed by atoms with Crippen molar-refractivity contribution in [1.29, 1.82) is 0 Å². The summed E-state index contributed by atoms with van der Waals surface area (Å²) in [6, 6.07) is 0. The third-order valence-corrected chi connectivity index (χ3v) is 1.90. The van der Waals surface area contributed by atoms with Crippen LogP contribution in [-0.4, -0.2) is 18.8 Å². The van der Waals surface area contributed by atoms with Gasteiger partial charge in [-0.3, -0.25) is 0 Å². The summed E-state index contributed by atoms with van der Waals surface area (Å²) >= 11 is 0. The van der Waals surface area contributed by atoms with E-state index in [9.17, 15) is 0 Å². The summed E-state index contributed by atoms with van der Waals surface area (Å²) in [5.41, 5.74) is -0.0156. The predicted molar refractivity (Wildman–Crippen MR) is 34.9 cm³/mol. The number of ether oxygens (including phenoxy) is 2. The minimum Gasteiger partial charge on any atom is -0.381 e. The minimum absolute atomic E-state index is 0.0156. The van der Waals surface area contributed by atoms with Gasteiger partial charge in [0.1, 0.15) is 0 Å². The zero-order chi connectivity index (χ0) is 6.74. The first kappa shape index (κ1) is 7.03. The fourth-order valence-corrected chi connectivity index (χ4v) is 0.948. The maximum Gasteiger partial charge on any atom is 0.0708 e. The summed E-state index contributed by atoms with van der Waals surface area (Å²) in [7, 11) is 3.43. The number of rotatable bonds is 1. The third-order valence-electron chi connectivity index (χ3n) is 1.90. The maximum absolute atomic E-state index is 5.16. The molecule has 1 rings (SSSR count). The van der Waals surface area contributed by atoms with Crippen LogP contribution < -0.4 is 0 Å². The van der Waals surface area contributed by atoms with Crippen molar-refractivity contribution >= 4 is 0 Å². The Morgan fingerprint density at radius 2 is 2.00 bits per heavy atom. The second-order valence-electron chi connectivity index (χ2n) is 2.71. The van der Waals surface area contributed by atoms with Gasteiger partial charge in [-0.15, -0.1) is 0 Å². The van der Waals surface area contributed by atoms with Crippen LogP contribution in [0.4, 0.5) is 0 Å². The Morgan fingerprint density at radius 1 is 1.44 bits per heavy atom. The van der Waals surface area contributed by atoms with Crippen molar-refractivity contribution in [2.45, 2.75) is 25.4 Å². The van der Waals surface area contributed by atoms with Gasteiger partial charge in [0.15, 0.2) is 0 Å². The largest absolute Gasteiger partial charge is 0.381 e. The first-order valence-electron chi connectivity index (χ1n) is 3.28. The lowest BCUT2D eigenvalue weighted by Gasteiger charge is -2.31. The van der Waals surface area contributed by atoms with Crippen molar-refractivity contribution in [1.82, 2.24) is 0 Å². The summed E-state index contributed by atoms with van der Waals surface area (Å²) in [5, 5.41) is 0. The standard InChI is InChI=1S/C7H13O2/c1-7(8-2)3-5-9-6-4-7/h2-6H2,1H3. The molecule has 1 aliphatic rings. The first-order chi connectivity index (χ1) is 4.27. The number of hydrogen-bond acceptors (Lipinski definition) is 2. The molecule has 0 atom stereocenters. The molecule has 0 aromatic rings. The fourth-order valence-electron chi connectivity index (χ4n) is 0.948. The predicted octanol–water partition coefficient (Wildman–Crippen LogP) is 1.36. The van der Waals surface area contributed by atoms with Gasteiger partial charge in [0.05, 0.1) is 12.7 Å². The topological polar surface area (TPSA) is 18.5 Å². The molecule has 0 spiro atoms. The zero-order valence-corrected chi connectivity index (χ0v) is 5.85. The Kier molecular flexibility index (Phi) is 2.09. The lowest BCUT2D eigenvalue weighted by atomic mass is 9.97. The fraction of sp³-hybridized carbons (Fsp3) is 0.857. The molecule has 0 saturated carbocycles. The van der Waals surface area contributed by atoms with E-state index in [0.29, 0.717) is 0 Å². The molecule has 0 aromatic heterocycles. The highest BCUT2D eigenvalue weighted by Gasteiger charge is 2.26. The average molecular weight is 129 g/mol. The van der Waals surface area contributed by atoms with E-state index in [1.165, 1.54) is 0 Å². The molecule has 9 heavy (non-hydrogen) atoms. The van der Waals surface area contributed by atoms with E-state index in [1.54, 1.807) is 0 Å². The van der Waals surface area contributed by atoms with Crippen LogP contribution in [0, 0.1) is 7.11 Å². The van der Waals surface area contributed by atoms with E-state index >= 15 is 0 Å². The molecule has 2 heteroatoms. The van der Waals surface area contributed by atoms with Crippen molar-refractivity contribution < 1.29 is 9.47 Å². The number of hydrogen-bond donors (Lipinski definition) is 0. The van der Waals surface area contributed by atoms with Crippen molar-refractivity contribution in [3.8, 4) is 0 Å². The molecule has 0 aromatic carbocycles. The summed E-state index contributed by atoms with van der Waals surface area (Å²) in [5.74, 6) is 0. The Bertz CT molecular complexity index is 84.9. The van der Waals surface area contributed by atoms with Gasteiger partial charge in [0, 0.05) is 13.2 Å². The van der Waals surface area contributed by atoms with Crippen LogP contribution in [0.3, 0.4) is 0 Å². The second kappa shape index (κ2) is 2.67. The van der Waals surface area contributed by atoms with Crippen LogP contribution in [0.1, 0.15) is 19.8 Å². The van der Waals surface area contributed by atoms with Crippen LogP contribution in [-0.2, 0) is 9.47 Å². The highest BCUT2D eigenvalue weighted by Crippen LogP contribution is 2.23. The second-order valence-corrected chi connectivity index (χ2v) is 2.71. The summed E-state index contributed by atoms with van der Waals surface area (Å²) < 4.78 is 10.2. The van der Waals surface area contributed by atoms with E-state index in [4.69, 9.17) is 9.47 Å². The van der Waals surface area contributed by atoms with Gasteiger partial charge in [-0.25, -0.2) is 0 Å².